The van der Waals surface area contributed by atoms with E-state index in [9.17, 15) is 4.79 Å². The average Bonchev–Trinajstić information content (AvgIpc) is 2.11. The maximum Gasteiger partial charge on any atom is 0.152 e. The first kappa shape index (κ1) is 10.4. The van der Waals surface area contributed by atoms with Crippen molar-refractivity contribution in [3.63, 3.8) is 0 Å². The fraction of sp³-hybridized carbons (Fsp3) is 0.125. The lowest BCUT2D eigenvalue weighted by molar-refractivity contribution is 0.112. The van der Waals surface area contributed by atoms with Crippen molar-refractivity contribution in [2.24, 2.45) is 0 Å². The summed E-state index contributed by atoms with van der Waals surface area (Å²) < 4.78 is 3.72. The van der Waals surface area contributed by atoms with E-state index in [0.29, 0.717) is 11.3 Å². The molecule has 0 heterocycles. The van der Waals surface area contributed by atoms with E-state index in [0.717, 1.165) is 16.4 Å². The van der Waals surface area contributed by atoms with Crippen LogP contribution in [-0.2, 0) is 0 Å². The predicted octanol–water partition coefficient (Wildman–Crippen LogP) is 2.53. The smallest absolute Gasteiger partial charge is 0.152 e. The van der Waals surface area contributed by atoms with E-state index in [-0.39, 0.29) is 0 Å². The van der Waals surface area contributed by atoms with Gasteiger partial charge >= 0.3 is 0 Å². The fourth-order valence-electron chi connectivity index (χ4n) is 0.901. The average molecular weight is 261 g/mol. The summed E-state index contributed by atoms with van der Waals surface area (Å²) in [5.41, 5.74) is 7.61. The minimum atomic E-state index is 0.593. The van der Waals surface area contributed by atoms with E-state index in [4.69, 9.17) is 5.73 Å². The number of rotatable bonds is 3. The molecular weight excluding hydrogens is 252 g/mol. The van der Waals surface area contributed by atoms with Crippen LogP contribution in [0.4, 0.5) is 11.4 Å². The Morgan fingerprint density at radius 1 is 1.62 bits per heavy atom. The van der Waals surface area contributed by atoms with Crippen LogP contribution in [0.25, 0.3) is 0 Å². The summed E-state index contributed by atoms with van der Waals surface area (Å²) in [4.78, 5) is 10.7. The zero-order chi connectivity index (χ0) is 9.84. The van der Waals surface area contributed by atoms with Crippen molar-refractivity contribution in [3.05, 3.63) is 22.2 Å². The quantitative estimate of drug-likeness (QED) is 0.498. The summed E-state index contributed by atoms with van der Waals surface area (Å²) in [6, 6.07) is 3.42. The maximum atomic E-state index is 10.7. The number of halogens is 1. The molecule has 0 aliphatic heterocycles. The molecule has 0 aliphatic rings. The van der Waals surface area contributed by atoms with E-state index in [1.165, 1.54) is 11.9 Å². The third kappa shape index (κ3) is 2.38. The summed E-state index contributed by atoms with van der Waals surface area (Å²) in [5.74, 6) is 0. The van der Waals surface area contributed by atoms with E-state index in [1.54, 1.807) is 12.1 Å². The molecule has 70 valence electrons. The highest BCUT2D eigenvalue weighted by Crippen LogP contribution is 2.27. The number of nitrogen functional groups attached to an aromatic ring is 1. The normalized spacial score (nSPS) is 9.69. The van der Waals surface area contributed by atoms with Gasteiger partial charge in [-0.25, -0.2) is 0 Å². The molecule has 3 nitrogen and oxygen atoms in total. The molecule has 3 N–H and O–H groups in total. The van der Waals surface area contributed by atoms with E-state index in [2.05, 4.69) is 20.7 Å². The van der Waals surface area contributed by atoms with Crippen molar-refractivity contribution in [3.8, 4) is 0 Å². The second-order valence-electron chi connectivity index (χ2n) is 2.39. The summed E-state index contributed by atoms with van der Waals surface area (Å²) in [7, 11) is 0. The standard InChI is InChI=1S/C8H9BrN2OS/c1-13-11-8-3-7(10)6(9)2-5(8)4-12/h2-4,11H,10H2,1H3. The molecule has 13 heavy (non-hydrogen) atoms. The fourth-order valence-corrected chi connectivity index (χ4v) is 1.66. The third-order valence-corrected chi connectivity index (χ3v) is 2.62. The van der Waals surface area contributed by atoms with Crippen LogP contribution < -0.4 is 10.5 Å². The lowest BCUT2D eigenvalue weighted by atomic mass is 10.2. The Hall–Kier alpha value is -0.680. The number of benzene rings is 1. The maximum absolute atomic E-state index is 10.7. The molecule has 0 saturated carbocycles. The van der Waals surface area contributed by atoms with Crippen LogP contribution in [0.2, 0.25) is 0 Å². The van der Waals surface area contributed by atoms with Crippen molar-refractivity contribution in [1.82, 2.24) is 0 Å². The van der Waals surface area contributed by atoms with Gasteiger partial charge in [-0.15, -0.1) is 0 Å². The highest BCUT2D eigenvalue weighted by Gasteiger charge is 2.04. The summed E-state index contributed by atoms with van der Waals surface area (Å²) in [5, 5.41) is 0. The number of aldehydes is 1. The predicted molar refractivity (Wildman–Crippen MR) is 61.1 cm³/mol. The van der Waals surface area contributed by atoms with Gasteiger partial charge in [-0.3, -0.25) is 4.79 Å². The number of hydrogen-bond acceptors (Lipinski definition) is 4. The number of hydrogen-bond donors (Lipinski definition) is 2. The van der Waals surface area contributed by atoms with Gasteiger partial charge < -0.3 is 10.5 Å². The van der Waals surface area contributed by atoms with Crippen LogP contribution in [0.5, 0.6) is 0 Å². The first-order valence-electron chi connectivity index (χ1n) is 3.52. The van der Waals surface area contributed by atoms with Crippen LogP contribution in [0.3, 0.4) is 0 Å². The number of anilines is 2. The molecule has 0 radical (unpaired) electrons. The van der Waals surface area contributed by atoms with Crippen LogP contribution in [0, 0.1) is 0 Å². The number of nitrogens with one attached hydrogen (secondary N) is 1. The van der Waals surface area contributed by atoms with Gasteiger partial charge in [-0.2, -0.15) is 0 Å². The molecule has 0 spiro atoms. The summed E-state index contributed by atoms with van der Waals surface area (Å²) >= 11 is 4.67. The van der Waals surface area contributed by atoms with Crippen molar-refractivity contribution in [2.45, 2.75) is 0 Å². The van der Waals surface area contributed by atoms with E-state index < -0.39 is 0 Å². The molecule has 0 fully saturated rings. The lowest BCUT2D eigenvalue weighted by Crippen LogP contribution is -1.95. The molecule has 0 bridgehead atoms. The molecule has 0 atom stereocenters. The van der Waals surface area contributed by atoms with Gasteiger partial charge in [-0.1, -0.05) is 11.9 Å². The van der Waals surface area contributed by atoms with Crippen LogP contribution >= 0.6 is 27.9 Å². The van der Waals surface area contributed by atoms with Gasteiger partial charge in [0.05, 0.1) is 5.69 Å². The van der Waals surface area contributed by atoms with Crippen molar-refractivity contribution in [1.29, 1.82) is 0 Å². The highest BCUT2D eigenvalue weighted by atomic mass is 79.9. The van der Waals surface area contributed by atoms with Gasteiger partial charge in [0.15, 0.2) is 6.29 Å². The highest BCUT2D eigenvalue weighted by molar-refractivity contribution is 9.10. The zero-order valence-electron chi connectivity index (χ0n) is 7.00. The Labute approximate surface area is 89.3 Å². The van der Waals surface area contributed by atoms with Crippen LogP contribution in [-0.4, -0.2) is 12.5 Å². The molecule has 0 saturated heterocycles. The number of carbonyl (C=O) groups excluding carboxylic acids is 1. The van der Waals surface area contributed by atoms with Crippen LogP contribution in [0.1, 0.15) is 10.4 Å². The van der Waals surface area contributed by atoms with Crippen molar-refractivity contribution in [2.75, 3.05) is 16.7 Å². The second-order valence-corrected chi connectivity index (χ2v) is 3.85. The molecule has 0 unspecified atom stereocenters. The number of carbonyl (C=O) groups is 1. The molecular formula is C8H9BrN2OS. The molecule has 0 aromatic heterocycles. The zero-order valence-corrected chi connectivity index (χ0v) is 9.41. The largest absolute Gasteiger partial charge is 0.398 e. The summed E-state index contributed by atoms with van der Waals surface area (Å²) in [6.07, 6.45) is 2.68. The third-order valence-electron chi connectivity index (χ3n) is 1.51. The Morgan fingerprint density at radius 3 is 2.85 bits per heavy atom. The first-order valence-corrected chi connectivity index (χ1v) is 5.54. The van der Waals surface area contributed by atoms with Gasteiger partial charge in [0.1, 0.15) is 0 Å². The van der Waals surface area contributed by atoms with Gasteiger partial charge in [-0.05, 0) is 28.1 Å². The minimum absolute atomic E-state index is 0.593. The Morgan fingerprint density at radius 2 is 2.31 bits per heavy atom. The topological polar surface area (TPSA) is 55.1 Å². The van der Waals surface area contributed by atoms with Crippen LogP contribution in [0.15, 0.2) is 16.6 Å². The molecule has 1 aromatic rings. The lowest BCUT2D eigenvalue weighted by Gasteiger charge is -2.07. The molecule has 0 amide bonds. The second kappa shape index (κ2) is 4.53. The van der Waals surface area contributed by atoms with E-state index >= 15 is 0 Å². The van der Waals surface area contributed by atoms with E-state index in [1.807, 2.05) is 6.26 Å². The summed E-state index contributed by atoms with van der Waals surface area (Å²) in [6.45, 7) is 0. The Kier molecular flexibility index (Phi) is 3.62. The first-order chi connectivity index (χ1) is 6.19. The van der Waals surface area contributed by atoms with Gasteiger partial charge in [0.25, 0.3) is 0 Å². The Balaban J connectivity index is 3.16. The van der Waals surface area contributed by atoms with Crippen molar-refractivity contribution < 1.29 is 4.79 Å². The molecule has 0 aliphatic carbocycles. The molecule has 1 rings (SSSR count). The number of nitrogens with two attached hydrogens (primary N) is 1. The molecule has 5 heteroatoms. The Bertz CT molecular complexity index is 330. The molecule has 1 aromatic carbocycles. The van der Waals surface area contributed by atoms with Crippen molar-refractivity contribution >= 4 is 45.5 Å². The van der Waals surface area contributed by atoms with Gasteiger partial charge in [0, 0.05) is 22.0 Å². The minimum Gasteiger partial charge on any atom is -0.398 e. The monoisotopic (exact) mass is 260 g/mol. The van der Waals surface area contributed by atoms with Gasteiger partial charge in [0.2, 0.25) is 0 Å². The SMILES string of the molecule is CSNc1cc(N)c(Br)cc1C=O.